The standard InChI is InChI=1S/C12H18N2O3.C7H14BNO2/c1-13(2)9-8-12(17-3)10-6-4-5-7-11(10)14(15)16;1-9-3-6(5-10-2)11-7(8)4-9/h4-7,12H,8-9H2,1-3H3;6-7H,3-5H2,1-2H3. The SMILES string of the molecule is COC(CCN(C)C)c1ccccc1[N+](=O)[O-].[B]C1CN(C)CC(COC)O1. The number of nitro benzene ring substituents is 1. The molecule has 0 aromatic heterocycles. The Labute approximate surface area is 169 Å². The van der Waals surface area contributed by atoms with Crippen molar-refractivity contribution in [3.8, 4) is 0 Å². The van der Waals surface area contributed by atoms with Gasteiger partial charge in [0.2, 0.25) is 0 Å². The second-order valence-corrected chi connectivity index (χ2v) is 7.11. The van der Waals surface area contributed by atoms with E-state index in [-0.39, 0.29) is 28.8 Å². The summed E-state index contributed by atoms with van der Waals surface area (Å²) in [6.45, 7) is 3.16. The number of methoxy groups -OCH3 is 2. The summed E-state index contributed by atoms with van der Waals surface area (Å²) in [5.41, 5.74) is 0.764. The van der Waals surface area contributed by atoms with Crippen molar-refractivity contribution in [1.29, 1.82) is 0 Å². The van der Waals surface area contributed by atoms with Crippen LogP contribution in [0.5, 0.6) is 0 Å². The van der Waals surface area contributed by atoms with Crippen molar-refractivity contribution in [1.82, 2.24) is 9.80 Å². The number of ether oxygens (including phenoxy) is 3. The summed E-state index contributed by atoms with van der Waals surface area (Å²) in [6, 6.07) is 6.57. The van der Waals surface area contributed by atoms with Crippen LogP contribution in [0.3, 0.4) is 0 Å². The highest BCUT2D eigenvalue weighted by Gasteiger charge is 2.22. The fourth-order valence-electron chi connectivity index (χ4n) is 3.04. The summed E-state index contributed by atoms with van der Waals surface area (Å²) in [5, 5.41) is 10.9. The van der Waals surface area contributed by atoms with E-state index >= 15 is 0 Å². The first-order valence-electron chi connectivity index (χ1n) is 9.27. The maximum Gasteiger partial charge on any atom is 0.275 e. The Morgan fingerprint density at radius 1 is 1.36 bits per heavy atom. The number of para-hydroxylation sites is 1. The van der Waals surface area contributed by atoms with Crippen molar-refractivity contribution in [2.45, 2.75) is 24.6 Å². The van der Waals surface area contributed by atoms with Crippen molar-refractivity contribution in [2.75, 3.05) is 61.6 Å². The van der Waals surface area contributed by atoms with E-state index in [9.17, 15) is 10.1 Å². The molecular weight excluding hydrogens is 361 g/mol. The van der Waals surface area contributed by atoms with Gasteiger partial charge in [0.25, 0.3) is 5.69 Å². The Hall–Kier alpha value is -1.52. The molecule has 1 aliphatic heterocycles. The van der Waals surface area contributed by atoms with Gasteiger partial charge in [-0.15, -0.1) is 0 Å². The molecule has 0 bridgehead atoms. The lowest BCUT2D eigenvalue weighted by Crippen LogP contribution is -2.47. The van der Waals surface area contributed by atoms with E-state index < -0.39 is 0 Å². The minimum atomic E-state index is -0.364. The molecule has 0 saturated carbocycles. The third-order valence-corrected chi connectivity index (χ3v) is 4.33. The van der Waals surface area contributed by atoms with Gasteiger partial charge in [0.15, 0.2) is 0 Å². The molecule has 3 unspecified atom stereocenters. The number of nitrogens with zero attached hydrogens (tertiary/aromatic N) is 3. The molecule has 0 aliphatic carbocycles. The zero-order chi connectivity index (χ0) is 21.1. The van der Waals surface area contributed by atoms with E-state index in [2.05, 4.69) is 4.90 Å². The van der Waals surface area contributed by atoms with Gasteiger partial charge in [0, 0.05) is 45.9 Å². The third kappa shape index (κ3) is 8.66. The Kier molecular flexibility index (Phi) is 11.3. The third-order valence-electron chi connectivity index (χ3n) is 4.33. The summed E-state index contributed by atoms with van der Waals surface area (Å²) in [7, 11) is 14.8. The molecule has 1 aromatic rings. The molecule has 0 N–H and O–H groups in total. The molecule has 1 fully saturated rings. The fourth-order valence-corrected chi connectivity index (χ4v) is 3.04. The average Bonchev–Trinajstić information content (AvgIpc) is 2.62. The second-order valence-electron chi connectivity index (χ2n) is 7.11. The van der Waals surface area contributed by atoms with Gasteiger partial charge in [-0.2, -0.15) is 0 Å². The molecule has 0 spiro atoms. The van der Waals surface area contributed by atoms with Crippen molar-refractivity contribution < 1.29 is 19.1 Å². The zero-order valence-corrected chi connectivity index (χ0v) is 17.5. The van der Waals surface area contributed by atoms with Crippen molar-refractivity contribution >= 4 is 13.5 Å². The Bertz CT molecular complexity index is 580. The lowest BCUT2D eigenvalue weighted by Gasteiger charge is -2.34. The number of benzene rings is 1. The van der Waals surface area contributed by atoms with Crippen LogP contribution < -0.4 is 0 Å². The monoisotopic (exact) mass is 393 g/mol. The number of hydrogen-bond donors (Lipinski definition) is 0. The van der Waals surface area contributed by atoms with Gasteiger partial charge in [0.05, 0.1) is 29.3 Å². The minimum Gasteiger partial charge on any atom is -0.382 e. The molecule has 1 aromatic carbocycles. The molecule has 1 aliphatic rings. The Morgan fingerprint density at radius 3 is 2.57 bits per heavy atom. The van der Waals surface area contributed by atoms with Crippen LogP contribution in [0.2, 0.25) is 0 Å². The van der Waals surface area contributed by atoms with Crippen LogP contribution in [0.25, 0.3) is 0 Å². The van der Waals surface area contributed by atoms with Gasteiger partial charge in [0.1, 0.15) is 7.85 Å². The van der Waals surface area contributed by atoms with Crippen LogP contribution in [0.1, 0.15) is 18.1 Å². The van der Waals surface area contributed by atoms with Gasteiger partial charge < -0.3 is 24.0 Å². The number of hydrogen-bond acceptors (Lipinski definition) is 7. The van der Waals surface area contributed by atoms with Crippen LogP contribution in [-0.4, -0.2) is 96.3 Å². The molecule has 2 rings (SSSR count). The van der Waals surface area contributed by atoms with E-state index in [1.807, 2.05) is 26.0 Å². The van der Waals surface area contributed by atoms with Crippen LogP contribution in [0, 0.1) is 10.1 Å². The minimum absolute atomic E-state index is 0.123. The van der Waals surface area contributed by atoms with Gasteiger partial charge in [-0.25, -0.2) is 0 Å². The van der Waals surface area contributed by atoms with E-state index in [1.54, 1.807) is 32.4 Å². The lowest BCUT2D eigenvalue weighted by molar-refractivity contribution is -0.386. The molecule has 2 radical (unpaired) electrons. The van der Waals surface area contributed by atoms with Crippen LogP contribution in [-0.2, 0) is 14.2 Å². The predicted octanol–water partition coefficient (Wildman–Crippen LogP) is 1.69. The molecule has 1 saturated heterocycles. The van der Waals surface area contributed by atoms with Crippen molar-refractivity contribution in [3.63, 3.8) is 0 Å². The fraction of sp³-hybridized carbons (Fsp3) is 0.684. The molecule has 156 valence electrons. The van der Waals surface area contributed by atoms with Gasteiger partial charge in [-0.3, -0.25) is 10.1 Å². The van der Waals surface area contributed by atoms with Gasteiger partial charge in [-0.1, -0.05) is 12.1 Å². The molecule has 28 heavy (non-hydrogen) atoms. The van der Waals surface area contributed by atoms with Crippen LogP contribution >= 0.6 is 0 Å². The maximum absolute atomic E-state index is 10.9. The highest BCUT2D eigenvalue weighted by Crippen LogP contribution is 2.29. The predicted molar refractivity (Wildman–Crippen MR) is 110 cm³/mol. The second kappa shape index (κ2) is 12.8. The summed E-state index contributed by atoms with van der Waals surface area (Å²) in [5.74, 6) is 0. The van der Waals surface area contributed by atoms with Crippen molar-refractivity contribution in [3.05, 3.63) is 39.9 Å². The number of nitro groups is 1. The average molecular weight is 393 g/mol. The van der Waals surface area contributed by atoms with E-state index in [1.165, 1.54) is 6.07 Å². The number of morpholine rings is 1. The van der Waals surface area contributed by atoms with Crippen LogP contribution in [0.4, 0.5) is 5.69 Å². The van der Waals surface area contributed by atoms with E-state index in [0.717, 1.165) is 26.1 Å². The first kappa shape index (κ1) is 24.5. The summed E-state index contributed by atoms with van der Waals surface area (Å²) in [6.07, 6.45) is 0.627. The maximum atomic E-state index is 10.9. The summed E-state index contributed by atoms with van der Waals surface area (Å²) >= 11 is 0. The zero-order valence-electron chi connectivity index (χ0n) is 17.5. The van der Waals surface area contributed by atoms with Crippen molar-refractivity contribution in [2.24, 2.45) is 0 Å². The Balaban J connectivity index is 0.000000307. The quantitative estimate of drug-likeness (QED) is 0.378. The van der Waals surface area contributed by atoms with Crippen LogP contribution in [0.15, 0.2) is 24.3 Å². The first-order chi connectivity index (χ1) is 13.3. The Morgan fingerprint density at radius 2 is 2.04 bits per heavy atom. The molecule has 9 heteroatoms. The lowest BCUT2D eigenvalue weighted by atomic mass is 9.98. The first-order valence-corrected chi connectivity index (χ1v) is 9.27. The summed E-state index contributed by atoms with van der Waals surface area (Å²) in [4.78, 5) is 14.7. The highest BCUT2D eigenvalue weighted by atomic mass is 16.6. The smallest absolute Gasteiger partial charge is 0.275 e. The topological polar surface area (TPSA) is 77.3 Å². The van der Waals surface area contributed by atoms with Gasteiger partial charge in [-0.05, 0) is 33.6 Å². The normalized spacial score (nSPS) is 21.1. The molecular formula is C19H32BN3O5. The molecule has 8 nitrogen and oxygen atoms in total. The molecule has 0 amide bonds. The number of rotatable bonds is 8. The molecule has 3 atom stereocenters. The largest absolute Gasteiger partial charge is 0.382 e. The molecule has 1 heterocycles. The van der Waals surface area contributed by atoms with E-state index in [0.29, 0.717) is 12.2 Å². The summed E-state index contributed by atoms with van der Waals surface area (Å²) < 4.78 is 15.7. The van der Waals surface area contributed by atoms with Gasteiger partial charge >= 0.3 is 0 Å². The highest BCUT2D eigenvalue weighted by molar-refractivity contribution is 6.11. The van der Waals surface area contributed by atoms with E-state index in [4.69, 9.17) is 22.1 Å². The number of likely N-dealkylation sites (N-methyl/N-ethyl adjacent to an activating group) is 1.